The molecule has 0 aromatic rings. The SMILES string of the molecule is CC1CCC(C2(CS)O[B-]3(OC2CC2CCCCC2)OC(CC2CCCCC2)C(CS)(C2CCC(C)C2)O3)C1. The number of rotatable bonds is 8. The smallest absolute Gasteiger partial charge is 0.514 e. The van der Waals surface area contributed by atoms with Crippen molar-refractivity contribution in [2.45, 2.75) is 153 Å². The van der Waals surface area contributed by atoms with E-state index in [-0.39, 0.29) is 12.2 Å². The molecule has 0 radical (unpaired) electrons. The van der Waals surface area contributed by atoms with Crippen LogP contribution in [-0.4, -0.2) is 41.9 Å². The van der Waals surface area contributed by atoms with Gasteiger partial charge < -0.3 is 18.6 Å². The minimum atomic E-state index is -2.28. The molecular weight excluding hydrogens is 523 g/mol. The van der Waals surface area contributed by atoms with E-state index in [1.807, 2.05) is 0 Å². The first-order chi connectivity index (χ1) is 18.9. The Morgan fingerprint density at radius 3 is 1.33 bits per heavy atom. The second-order valence-corrected chi connectivity index (χ2v) is 15.6. The van der Waals surface area contributed by atoms with Gasteiger partial charge in [-0.1, -0.05) is 90.9 Å². The Balaban J connectivity index is 1.31. The van der Waals surface area contributed by atoms with Crippen molar-refractivity contribution in [3.63, 3.8) is 0 Å². The van der Waals surface area contributed by atoms with Gasteiger partial charge in [0.25, 0.3) is 0 Å². The molecule has 39 heavy (non-hydrogen) atoms. The van der Waals surface area contributed by atoms with Crippen LogP contribution < -0.4 is 0 Å². The summed E-state index contributed by atoms with van der Waals surface area (Å²) in [5.74, 6) is 5.16. The Bertz CT molecular complexity index is 754. The molecule has 224 valence electrons. The van der Waals surface area contributed by atoms with E-state index in [0.717, 1.165) is 24.7 Å². The highest BCUT2D eigenvalue weighted by molar-refractivity contribution is 7.80. The van der Waals surface area contributed by atoms with Crippen LogP contribution in [-0.2, 0) is 18.6 Å². The quantitative estimate of drug-likeness (QED) is 0.224. The summed E-state index contributed by atoms with van der Waals surface area (Å²) >= 11 is 10.1. The molecule has 8 unspecified atom stereocenters. The zero-order valence-corrected chi connectivity index (χ0v) is 26.7. The van der Waals surface area contributed by atoms with Crippen LogP contribution in [0.15, 0.2) is 0 Å². The van der Waals surface area contributed by atoms with Crippen LogP contribution in [0.5, 0.6) is 0 Å². The molecule has 4 saturated carbocycles. The van der Waals surface area contributed by atoms with E-state index in [0.29, 0.717) is 35.2 Å². The largest absolute Gasteiger partial charge is 0.532 e. The van der Waals surface area contributed by atoms with Crippen LogP contribution in [0.4, 0.5) is 0 Å². The predicted octanol–water partition coefficient (Wildman–Crippen LogP) is 8.40. The standard InChI is InChI=1S/C32H56BO4S2/c1-23-13-15-27(17-23)31(21-38)29(19-25-9-5-3-6-10-25)34-33(36-31)35-30(20-26-11-7-4-8-12-26)32(22-39,37-33)28-16-14-24(2)18-28/h23-30,38-39H,3-22H2,1-2H3/q-1. The number of hydrogen-bond acceptors (Lipinski definition) is 6. The summed E-state index contributed by atoms with van der Waals surface area (Å²) in [4.78, 5) is 0. The molecule has 0 bridgehead atoms. The van der Waals surface area contributed by atoms with Gasteiger partial charge in [0.1, 0.15) is 0 Å². The van der Waals surface area contributed by atoms with E-state index >= 15 is 0 Å². The zero-order valence-electron chi connectivity index (χ0n) is 24.9. The summed E-state index contributed by atoms with van der Waals surface area (Å²) in [6, 6.07) is 0. The lowest BCUT2D eigenvalue weighted by molar-refractivity contribution is -0.0303. The van der Waals surface area contributed by atoms with Crippen LogP contribution in [0.3, 0.4) is 0 Å². The maximum Gasteiger partial charge on any atom is 0.532 e. The van der Waals surface area contributed by atoms with Crippen molar-refractivity contribution in [2.75, 3.05) is 11.5 Å². The second-order valence-electron chi connectivity index (χ2n) is 15.0. The van der Waals surface area contributed by atoms with E-state index in [9.17, 15) is 0 Å². The van der Waals surface area contributed by atoms with Gasteiger partial charge in [-0.3, -0.25) is 0 Å². The molecule has 7 heteroatoms. The number of hydrogen-bond donors (Lipinski definition) is 2. The highest BCUT2D eigenvalue weighted by Gasteiger charge is 2.66. The Kier molecular flexibility index (Phi) is 9.36. The first-order valence-corrected chi connectivity index (χ1v) is 18.3. The van der Waals surface area contributed by atoms with Crippen molar-refractivity contribution in [2.24, 2.45) is 35.5 Å². The van der Waals surface area contributed by atoms with Crippen molar-refractivity contribution < 1.29 is 18.6 Å². The van der Waals surface area contributed by atoms with Gasteiger partial charge >= 0.3 is 6.96 Å². The molecule has 2 aliphatic heterocycles. The molecule has 1 spiro atoms. The maximum absolute atomic E-state index is 7.28. The molecule has 0 N–H and O–H groups in total. The summed E-state index contributed by atoms with van der Waals surface area (Å²) in [7, 11) is 0. The fraction of sp³-hybridized carbons (Fsp3) is 1.00. The van der Waals surface area contributed by atoms with Crippen molar-refractivity contribution in [3.8, 4) is 0 Å². The molecule has 0 aromatic heterocycles. The summed E-state index contributed by atoms with van der Waals surface area (Å²) in [5.41, 5.74) is -0.841. The molecule has 2 saturated heterocycles. The van der Waals surface area contributed by atoms with E-state index in [4.69, 9.17) is 43.9 Å². The molecule has 0 amide bonds. The van der Waals surface area contributed by atoms with Gasteiger partial charge in [-0.2, -0.15) is 25.3 Å². The first kappa shape index (κ1) is 29.7. The zero-order chi connectivity index (χ0) is 27.1. The first-order valence-electron chi connectivity index (χ1n) is 17.0. The van der Waals surface area contributed by atoms with Gasteiger partial charge in [-0.05, 0) is 74.0 Å². The minimum Gasteiger partial charge on any atom is -0.514 e. The minimum absolute atomic E-state index is 0.00181. The molecule has 6 aliphatic rings. The molecule has 8 atom stereocenters. The van der Waals surface area contributed by atoms with Gasteiger partial charge in [-0.25, -0.2) is 0 Å². The van der Waals surface area contributed by atoms with Gasteiger partial charge in [0.15, 0.2) is 0 Å². The lowest BCUT2D eigenvalue weighted by Gasteiger charge is -2.44. The topological polar surface area (TPSA) is 36.9 Å². The fourth-order valence-electron chi connectivity index (χ4n) is 10.0. The normalized spacial score (nSPS) is 48.0. The highest BCUT2D eigenvalue weighted by atomic mass is 32.1. The maximum atomic E-state index is 7.28. The summed E-state index contributed by atoms with van der Waals surface area (Å²) < 4.78 is 28.8. The average Bonchev–Trinajstić information content (AvgIpc) is 3.71. The number of thiol groups is 2. The molecule has 0 aromatic carbocycles. The lowest BCUT2D eigenvalue weighted by atomic mass is 9.76. The van der Waals surface area contributed by atoms with Crippen molar-refractivity contribution in [1.82, 2.24) is 0 Å². The van der Waals surface area contributed by atoms with Crippen LogP contribution >= 0.6 is 25.3 Å². The molecule has 4 aliphatic carbocycles. The van der Waals surface area contributed by atoms with Crippen LogP contribution in [0.1, 0.15) is 129 Å². The molecule has 2 heterocycles. The summed E-state index contributed by atoms with van der Waals surface area (Å²) in [6.07, 6.45) is 22.9. The van der Waals surface area contributed by atoms with Gasteiger partial charge in [0, 0.05) is 23.7 Å². The van der Waals surface area contributed by atoms with Crippen molar-refractivity contribution in [3.05, 3.63) is 0 Å². The second kappa shape index (κ2) is 12.3. The molecule has 4 nitrogen and oxygen atoms in total. The Morgan fingerprint density at radius 2 is 1.00 bits per heavy atom. The van der Waals surface area contributed by atoms with Gasteiger partial charge in [-0.15, -0.1) is 0 Å². The van der Waals surface area contributed by atoms with E-state index in [1.165, 1.54) is 103 Å². The van der Waals surface area contributed by atoms with Crippen molar-refractivity contribution in [1.29, 1.82) is 0 Å². The van der Waals surface area contributed by atoms with Crippen LogP contribution in [0, 0.1) is 35.5 Å². The molecule has 6 rings (SSSR count). The summed E-state index contributed by atoms with van der Waals surface area (Å²) in [5, 5.41) is 0. The van der Waals surface area contributed by atoms with E-state index in [2.05, 4.69) is 13.8 Å². The van der Waals surface area contributed by atoms with E-state index < -0.39 is 18.2 Å². The Morgan fingerprint density at radius 1 is 0.590 bits per heavy atom. The fourth-order valence-corrected chi connectivity index (χ4v) is 11.1. The van der Waals surface area contributed by atoms with Crippen LogP contribution in [0.2, 0.25) is 0 Å². The van der Waals surface area contributed by atoms with E-state index in [1.54, 1.807) is 0 Å². The third-order valence-corrected chi connectivity index (χ3v) is 13.3. The highest BCUT2D eigenvalue weighted by Crippen LogP contribution is 2.57. The predicted molar refractivity (Wildman–Crippen MR) is 166 cm³/mol. The summed E-state index contributed by atoms with van der Waals surface area (Å²) in [6.45, 7) is 2.52. The third kappa shape index (κ3) is 5.78. The molecular formula is C32H56BO4S2-. The third-order valence-electron chi connectivity index (χ3n) is 12.3. The van der Waals surface area contributed by atoms with Gasteiger partial charge in [0.05, 0.1) is 11.2 Å². The molecule has 6 fully saturated rings. The van der Waals surface area contributed by atoms with Crippen LogP contribution in [0.25, 0.3) is 0 Å². The van der Waals surface area contributed by atoms with Gasteiger partial charge in [0.2, 0.25) is 0 Å². The lowest BCUT2D eigenvalue weighted by Crippen LogP contribution is -2.52. The average molecular weight is 580 g/mol. The van der Waals surface area contributed by atoms with Crippen molar-refractivity contribution >= 4 is 32.2 Å². The Labute approximate surface area is 250 Å². The Hall–Kier alpha value is 0.605. The monoisotopic (exact) mass is 579 g/mol.